The summed E-state index contributed by atoms with van der Waals surface area (Å²) in [5, 5.41) is 14.5. The van der Waals surface area contributed by atoms with Crippen LogP contribution in [0.1, 0.15) is 19.3 Å². The zero-order valence-electron chi connectivity index (χ0n) is 11.6. The van der Waals surface area contributed by atoms with Crippen LogP contribution in [0.2, 0.25) is 0 Å². The summed E-state index contributed by atoms with van der Waals surface area (Å²) in [7, 11) is 1.53. The van der Waals surface area contributed by atoms with E-state index in [-0.39, 0.29) is 18.0 Å². The fourth-order valence-electron chi connectivity index (χ4n) is 2.46. The van der Waals surface area contributed by atoms with Crippen molar-refractivity contribution in [3.8, 4) is 5.75 Å². The predicted octanol–water partition coefficient (Wildman–Crippen LogP) is 2.83. The lowest BCUT2D eigenvalue weighted by atomic mass is 10.1. The molecular weight excluding hydrogens is 340 g/mol. The van der Waals surface area contributed by atoms with E-state index in [0.29, 0.717) is 30.7 Å². The van der Waals surface area contributed by atoms with Crippen molar-refractivity contribution >= 4 is 33.6 Å². The van der Waals surface area contributed by atoms with E-state index >= 15 is 0 Å². The Labute approximate surface area is 131 Å². The molecule has 2 amide bonds. The first-order valence-electron chi connectivity index (χ1n) is 6.63. The number of carboxylic acid groups (broad SMARTS) is 1. The minimum Gasteiger partial charge on any atom is -0.495 e. The van der Waals surface area contributed by atoms with E-state index in [1.165, 1.54) is 7.11 Å². The zero-order chi connectivity index (χ0) is 15.4. The van der Waals surface area contributed by atoms with Gasteiger partial charge >= 0.3 is 12.0 Å². The number of amides is 2. The number of carboxylic acids is 1. The third kappa shape index (κ3) is 4.10. The van der Waals surface area contributed by atoms with Crippen LogP contribution in [0.25, 0.3) is 0 Å². The topological polar surface area (TPSA) is 87.7 Å². The molecule has 114 valence electrons. The van der Waals surface area contributed by atoms with Gasteiger partial charge in [-0.2, -0.15) is 0 Å². The van der Waals surface area contributed by atoms with E-state index in [1.54, 1.807) is 12.1 Å². The minimum atomic E-state index is -0.798. The van der Waals surface area contributed by atoms with Gasteiger partial charge in [-0.05, 0) is 37.5 Å². The van der Waals surface area contributed by atoms with E-state index in [9.17, 15) is 9.59 Å². The molecule has 0 aromatic heterocycles. The number of hydrogen-bond acceptors (Lipinski definition) is 3. The third-order valence-electron chi connectivity index (χ3n) is 3.53. The molecule has 0 saturated heterocycles. The normalized spacial score (nSPS) is 20.9. The van der Waals surface area contributed by atoms with Crippen molar-refractivity contribution in [2.75, 3.05) is 12.4 Å². The summed E-state index contributed by atoms with van der Waals surface area (Å²) in [5.41, 5.74) is 0.553. The Morgan fingerprint density at radius 1 is 1.38 bits per heavy atom. The average molecular weight is 357 g/mol. The van der Waals surface area contributed by atoms with Crippen LogP contribution in [0.15, 0.2) is 22.7 Å². The Hall–Kier alpha value is -1.76. The van der Waals surface area contributed by atoms with Gasteiger partial charge in [-0.3, -0.25) is 4.79 Å². The molecule has 1 aromatic rings. The molecule has 0 spiro atoms. The number of aliphatic carboxylic acids is 1. The third-order valence-corrected chi connectivity index (χ3v) is 4.02. The van der Waals surface area contributed by atoms with Gasteiger partial charge in [0.15, 0.2) is 0 Å². The number of carbonyl (C=O) groups is 2. The molecule has 6 nitrogen and oxygen atoms in total. The maximum atomic E-state index is 12.0. The monoisotopic (exact) mass is 356 g/mol. The van der Waals surface area contributed by atoms with Crippen LogP contribution in [-0.2, 0) is 4.79 Å². The van der Waals surface area contributed by atoms with Gasteiger partial charge in [0.2, 0.25) is 0 Å². The molecule has 7 heteroatoms. The molecule has 0 aliphatic heterocycles. The molecule has 21 heavy (non-hydrogen) atoms. The molecule has 0 heterocycles. The molecule has 1 aromatic carbocycles. The van der Waals surface area contributed by atoms with Gasteiger partial charge in [0.1, 0.15) is 5.75 Å². The molecule has 1 aliphatic rings. The van der Waals surface area contributed by atoms with E-state index in [0.717, 1.165) is 4.47 Å². The number of urea groups is 1. The first-order valence-corrected chi connectivity index (χ1v) is 7.42. The molecule has 3 N–H and O–H groups in total. The number of ether oxygens (including phenoxy) is 1. The number of rotatable bonds is 4. The van der Waals surface area contributed by atoms with Crippen LogP contribution >= 0.6 is 15.9 Å². The summed E-state index contributed by atoms with van der Waals surface area (Å²) in [4.78, 5) is 22.9. The number of halogens is 1. The van der Waals surface area contributed by atoms with Crippen molar-refractivity contribution in [3.63, 3.8) is 0 Å². The Kier molecular flexibility index (Phi) is 5.06. The Morgan fingerprint density at radius 3 is 2.76 bits per heavy atom. The van der Waals surface area contributed by atoms with E-state index in [1.807, 2.05) is 6.07 Å². The number of carbonyl (C=O) groups excluding carboxylic acids is 1. The molecule has 0 bridgehead atoms. The van der Waals surface area contributed by atoms with Gasteiger partial charge in [-0.15, -0.1) is 0 Å². The number of hydrogen-bond donors (Lipinski definition) is 3. The molecular formula is C14H17BrN2O4. The highest BCUT2D eigenvalue weighted by molar-refractivity contribution is 9.10. The van der Waals surface area contributed by atoms with Gasteiger partial charge in [0.25, 0.3) is 0 Å². The summed E-state index contributed by atoms with van der Waals surface area (Å²) in [6, 6.07) is 4.84. The van der Waals surface area contributed by atoms with Gasteiger partial charge in [0.05, 0.1) is 18.7 Å². The molecule has 0 unspecified atom stereocenters. The highest BCUT2D eigenvalue weighted by Crippen LogP contribution is 2.28. The van der Waals surface area contributed by atoms with Crippen LogP contribution in [0.3, 0.4) is 0 Å². The Balaban J connectivity index is 1.93. The van der Waals surface area contributed by atoms with E-state index in [4.69, 9.17) is 9.84 Å². The lowest BCUT2D eigenvalue weighted by Crippen LogP contribution is -2.36. The standard InChI is InChI=1S/C14H17BrN2O4/c1-21-12-5-3-9(15)7-11(12)17-14(20)16-10-4-2-8(6-10)13(18)19/h3,5,7-8,10H,2,4,6H2,1H3,(H,18,19)(H2,16,17,20)/t8-,10+/m1/s1. The maximum Gasteiger partial charge on any atom is 0.319 e. The van der Waals surface area contributed by atoms with E-state index in [2.05, 4.69) is 26.6 Å². The first kappa shape index (κ1) is 15.6. The smallest absolute Gasteiger partial charge is 0.319 e. The quantitative estimate of drug-likeness (QED) is 0.773. The summed E-state index contributed by atoms with van der Waals surface area (Å²) in [5.74, 6) is -0.604. The molecule has 0 radical (unpaired) electrons. The van der Waals surface area contributed by atoms with Gasteiger partial charge < -0.3 is 20.5 Å². The SMILES string of the molecule is COc1ccc(Br)cc1NC(=O)N[C@H]1CC[C@@H](C(=O)O)C1. The van der Waals surface area contributed by atoms with Crippen molar-refractivity contribution < 1.29 is 19.4 Å². The molecule has 1 fully saturated rings. The van der Waals surface area contributed by atoms with Gasteiger partial charge in [-0.1, -0.05) is 15.9 Å². The zero-order valence-corrected chi connectivity index (χ0v) is 13.1. The van der Waals surface area contributed by atoms with Crippen molar-refractivity contribution in [1.29, 1.82) is 0 Å². The Bertz CT molecular complexity index is 550. The van der Waals surface area contributed by atoms with Crippen LogP contribution in [0.4, 0.5) is 10.5 Å². The predicted molar refractivity (Wildman–Crippen MR) is 81.6 cm³/mol. The second-order valence-electron chi connectivity index (χ2n) is 4.99. The second-order valence-corrected chi connectivity index (χ2v) is 5.90. The fourth-order valence-corrected chi connectivity index (χ4v) is 2.82. The highest BCUT2D eigenvalue weighted by Gasteiger charge is 2.30. The lowest BCUT2D eigenvalue weighted by molar-refractivity contribution is -0.141. The van der Waals surface area contributed by atoms with Gasteiger partial charge in [-0.25, -0.2) is 4.79 Å². The lowest BCUT2D eigenvalue weighted by Gasteiger charge is -2.15. The van der Waals surface area contributed by atoms with Gasteiger partial charge in [0, 0.05) is 10.5 Å². The van der Waals surface area contributed by atoms with Crippen molar-refractivity contribution in [3.05, 3.63) is 22.7 Å². The molecule has 2 rings (SSSR count). The summed E-state index contributed by atoms with van der Waals surface area (Å²) < 4.78 is 6.00. The molecule has 1 saturated carbocycles. The minimum absolute atomic E-state index is 0.107. The van der Waals surface area contributed by atoms with Crippen LogP contribution in [0.5, 0.6) is 5.75 Å². The summed E-state index contributed by atoms with van der Waals surface area (Å²) >= 11 is 3.33. The van der Waals surface area contributed by atoms with Crippen LogP contribution in [0, 0.1) is 5.92 Å². The summed E-state index contributed by atoms with van der Waals surface area (Å²) in [6.45, 7) is 0. The van der Waals surface area contributed by atoms with Crippen LogP contribution in [-0.4, -0.2) is 30.3 Å². The van der Waals surface area contributed by atoms with Crippen molar-refractivity contribution in [2.24, 2.45) is 5.92 Å². The molecule has 1 aliphatic carbocycles. The molecule has 2 atom stereocenters. The van der Waals surface area contributed by atoms with E-state index < -0.39 is 5.97 Å². The number of methoxy groups -OCH3 is 1. The fraction of sp³-hybridized carbons (Fsp3) is 0.429. The second kappa shape index (κ2) is 6.80. The van der Waals surface area contributed by atoms with Crippen LogP contribution < -0.4 is 15.4 Å². The number of nitrogens with one attached hydrogen (secondary N) is 2. The maximum absolute atomic E-state index is 12.0. The highest BCUT2D eigenvalue weighted by atomic mass is 79.9. The Morgan fingerprint density at radius 2 is 2.14 bits per heavy atom. The van der Waals surface area contributed by atoms with Crippen molar-refractivity contribution in [2.45, 2.75) is 25.3 Å². The summed E-state index contributed by atoms with van der Waals surface area (Å²) in [6.07, 6.45) is 1.75. The number of anilines is 1. The largest absolute Gasteiger partial charge is 0.495 e. The van der Waals surface area contributed by atoms with Crippen molar-refractivity contribution in [1.82, 2.24) is 5.32 Å². The average Bonchev–Trinajstić information content (AvgIpc) is 2.87. The first-order chi connectivity index (χ1) is 9.99. The number of benzene rings is 1.